The van der Waals surface area contributed by atoms with Gasteiger partial charge in [-0.25, -0.2) is 0 Å². The average Bonchev–Trinajstić information content (AvgIpc) is 2.85. The summed E-state index contributed by atoms with van der Waals surface area (Å²) in [5.41, 5.74) is 1.45. The lowest BCUT2D eigenvalue weighted by Gasteiger charge is -2.31. The molecule has 1 amide bonds. The van der Waals surface area contributed by atoms with Crippen LogP contribution in [0.3, 0.4) is 0 Å². The fourth-order valence-corrected chi connectivity index (χ4v) is 3.33. The van der Waals surface area contributed by atoms with E-state index in [9.17, 15) is 4.79 Å². The number of likely N-dealkylation sites (tertiary alicyclic amines) is 1. The van der Waals surface area contributed by atoms with Gasteiger partial charge in [-0.15, -0.1) is 11.3 Å². The van der Waals surface area contributed by atoms with Crippen molar-refractivity contribution in [1.29, 1.82) is 0 Å². The smallest absolute Gasteiger partial charge is 0.261 e. The zero-order valence-electron chi connectivity index (χ0n) is 11.5. The van der Waals surface area contributed by atoms with Crippen molar-refractivity contribution in [2.75, 3.05) is 19.6 Å². The molecule has 0 aromatic carbocycles. The summed E-state index contributed by atoms with van der Waals surface area (Å²) in [6.45, 7) is 9.41. The fourth-order valence-electron chi connectivity index (χ4n) is 2.52. The van der Waals surface area contributed by atoms with E-state index in [1.165, 1.54) is 24.2 Å². The molecule has 1 aliphatic rings. The van der Waals surface area contributed by atoms with Crippen LogP contribution in [0, 0.1) is 6.92 Å². The van der Waals surface area contributed by atoms with Crippen molar-refractivity contribution in [1.82, 2.24) is 10.2 Å². The summed E-state index contributed by atoms with van der Waals surface area (Å²) in [6, 6.07) is 1.94. The third kappa shape index (κ3) is 3.12. The second-order valence-electron chi connectivity index (χ2n) is 5.65. The molecule has 1 fully saturated rings. The molecule has 0 radical (unpaired) electrons. The summed E-state index contributed by atoms with van der Waals surface area (Å²) in [7, 11) is 0. The lowest BCUT2D eigenvalue weighted by atomic mass is 10.0. The van der Waals surface area contributed by atoms with Crippen molar-refractivity contribution in [3.8, 4) is 0 Å². The summed E-state index contributed by atoms with van der Waals surface area (Å²) >= 11 is 1.51. The number of carbonyl (C=O) groups excluding carboxylic acids is 1. The molecule has 0 unspecified atom stereocenters. The van der Waals surface area contributed by atoms with Crippen LogP contribution in [0.1, 0.15) is 41.9 Å². The molecule has 1 aliphatic heterocycles. The van der Waals surface area contributed by atoms with Crippen LogP contribution >= 0.6 is 11.3 Å². The van der Waals surface area contributed by atoms with Crippen LogP contribution in [-0.4, -0.2) is 36.0 Å². The number of aryl methyl sites for hydroxylation is 1. The van der Waals surface area contributed by atoms with E-state index in [0.717, 1.165) is 30.1 Å². The summed E-state index contributed by atoms with van der Waals surface area (Å²) < 4.78 is 0. The minimum atomic E-state index is 0.0603. The lowest BCUT2D eigenvalue weighted by Crippen LogP contribution is -2.42. The van der Waals surface area contributed by atoms with Crippen LogP contribution < -0.4 is 5.32 Å². The standard InChI is InChI=1S/C14H22N2OS/c1-11-9-12(18-10-11)13(17)15-6-8-16-7-4-5-14(16,2)3/h9-10H,4-8H2,1-3H3,(H,15,17). The van der Waals surface area contributed by atoms with Gasteiger partial charge < -0.3 is 5.32 Å². The topological polar surface area (TPSA) is 32.3 Å². The minimum Gasteiger partial charge on any atom is -0.350 e. The van der Waals surface area contributed by atoms with E-state index in [2.05, 4.69) is 24.1 Å². The van der Waals surface area contributed by atoms with Gasteiger partial charge in [0.2, 0.25) is 0 Å². The van der Waals surface area contributed by atoms with E-state index in [1.807, 2.05) is 18.4 Å². The SMILES string of the molecule is Cc1csc(C(=O)NCCN2CCCC2(C)C)c1. The maximum atomic E-state index is 11.9. The molecule has 1 aromatic heterocycles. The van der Waals surface area contributed by atoms with E-state index in [0.29, 0.717) is 5.54 Å². The van der Waals surface area contributed by atoms with Gasteiger partial charge in [0.05, 0.1) is 4.88 Å². The Hall–Kier alpha value is -0.870. The molecule has 1 saturated heterocycles. The van der Waals surface area contributed by atoms with Crippen molar-refractivity contribution in [2.24, 2.45) is 0 Å². The highest BCUT2D eigenvalue weighted by atomic mass is 32.1. The second-order valence-corrected chi connectivity index (χ2v) is 6.56. The predicted octanol–water partition coefficient (Wildman–Crippen LogP) is 2.66. The molecule has 3 nitrogen and oxygen atoms in total. The van der Waals surface area contributed by atoms with Crippen molar-refractivity contribution in [3.05, 3.63) is 21.9 Å². The monoisotopic (exact) mass is 266 g/mol. The van der Waals surface area contributed by atoms with Crippen LogP contribution in [0.25, 0.3) is 0 Å². The molecular formula is C14H22N2OS. The highest BCUT2D eigenvalue weighted by molar-refractivity contribution is 7.12. The van der Waals surface area contributed by atoms with Gasteiger partial charge in [-0.2, -0.15) is 0 Å². The van der Waals surface area contributed by atoms with Gasteiger partial charge in [0.15, 0.2) is 0 Å². The molecule has 100 valence electrons. The van der Waals surface area contributed by atoms with Crippen molar-refractivity contribution in [2.45, 2.75) is 39.2 Å². The van der Waals surface area contributed by atoms with Gasteiger partial charge in [-0.1, -0.05) is 0 Å². The molecule has 1 N–H and O–H groups in total. The maximum Gasteiger partial charge on any atom is 0.261 e. The van der Waals surface area contributed by atoms with Crippen molar-refractivity contribution >= 4 is 17.2 Å². The quantitative estimate of drug-likeness (QED) is 0.908. The number of amides is 1. The number of hydrogen-bond donors (Lipinski definition) is 1. The first-order valence-corrected chi connectivity index (χ1v) is 7.45. The van der Waals surface area contributed by atoms with Gasteiger partial charge in [-0.05, 0) is 57.2 Å². The van der Waals surface area contributed by atoms with E-state index < -0.39 is 0 Å². The van der Waals surface area contributed by atoms with E-state index in [-0.39, 0.29) is 5.91 Å². The normalized spacial score (nSPS) is 19.1. The lowest BCUT2D eigenvalue weighted by molar-refractivity contribution is 0.0944. The summed E-state index contributed by atoms with van der Waals surface area (Å²) in [4.78, 5) is 15.2. The minimum absolute atomic E-state index is 0.0603. The molecule has 0 atom stereocenters. The number of rotatable bonds is 4. The first kappa shape index (κ1) is 13.6. The number of hydrogen-bond acceptors (Lipinski definition) is 3. The van der Waals surface area contributed by atoms with E-state index >= 15 is 0 Å². The van der Waals surface area contributed by atoms with Crippen LogP contribution in [0.4, 0.5) is 0 Å². The maximum absolute atomic E-state index is 11.9. The van der Waals surface area contributed by atoms with Crippen LogP contribution in [0.2, 0.25) is 0 Å². The highest BCUT2D eigenvalue weighted by Gasteiger charge is 2.31. The molecule has 1 aromatic rings. The molecule has 0 saturated carbocycles. The summed E-state index contributed by atoms with van der Waals surface area (Å²) in [5.74, 6) is 0.0603. The largest absolute Gasteiger partial charge is 0.350 e. The number of thiophene rings is 1. The van der Waals surface area contributed by atoms with Crippen molar-refractivity contribution < 1.29 is 4.79 Å². The summed E-state index contributed by atoms with van der Waals surface area (Å²) in [6.07, 6.45) is 2.52. The molecule has 0 bridgehead atoms. The molecular weight excluding hydrogens is 244 g/mol. The third-order valence-corrected chi connectivity index (χ3v) is 4.74. The van der Waals surface area contributed by atoms with Crippen LogP contribution in [-0.2, 0) is 0 Å². The third-order valence-electron chi connectivity index (χ3n) is 3.69. The number of nitrogens with one attached hydrogen (secondary N) is 1. The highest BCUT2D eigenvalue weighted by Crippen LogP contribution is 2.27. The van der Waals surface area contributed by atoms with E-state index in [4.69, 9.17) is 0 Å². The number of carbonyl (C=O) groups is 1. The van der Waals surface area contributed by atoms with E-state index in [1.54, 1.807) is 0 Å². The van der Waals surface area contributed by atoms with Gasteiger partial charge in [0, 0.05) is 18.6 Å². The predicted molar refractivity (Wildman–Crippen MR) is 76.3 cm³/mol. The molecule has 0 spiro atoms. The first-order chi connectivity index (χ1) is 8.49. The Morgan fingerprint density at radius 1 is 1.56 bits per heavy atom. The first-order valence-electron chi connectivity index (χ1n) is 6.57. The van der Waals surface area contributed by atoms with Crippen LogP contribution in [0.15, 0.2) is 11.4 Å². The van der Waals surface area contributed by atoms with Crippen molar-refractivity contribution in [3.63, 3.8) is 0 Å². The molecule has 2 rings (SSSR count). The van der Waals surface area contributed by atoms with Gasteiger partial charge in [0.1, 0.15) is 0 Å². The Labute approximate surface area is 113 Å². The fraction of sp³-hybridized carbons (Fsp3) is 0.643. The Bertz CT molecular complexity index is 425. The van der Waals surface area contributed by atoms with Gasteiger partial charge >= 0.3 is 0 Å². The van der Waals surface area contributed by atoms with Crippen LogP contribution in [0.5, 0.6) is 0 Å². The molecule has 4 heteroatoms. The second kappa shape index (κ2) is 5.41. The van der Waals surface area contributed by atoms with Gasteiger partial charge in [-0.3, -0.25) is 9.69 Å². The zero-order valence-corrected chi connectivity index (χ0v) is 12.3. The molecule has 18 heavy (non-hydrogen) atoms. The Morgan fingerprint density at radius 2 is 2.33 bits per heavy atom. The Morgan fingerprint density at radius 3 is 2.89 bits per heavy atom. The molecule has 0 aliphatic carbocycles. The Balaban J connectivity index is 1.77. The Kier molecular flexibility index (Phi) is 4.07. The van der Waals surface area contributed by atoms with Gasteiger partial charge in [0.25, 0.3) is 5.91 Å². The zero-order chi connectivity index (χ0) is 13.2. The average molecular weight is 266 g/mol. The number of nitrogens with zero attached hydrogens (tertiary/aromatic N) is 1. The summed E-state index contributed by atoms with van der Waals surface area (Å²) in [5, 5.41) is 5.02. The molecule has 2 heterocycles.